The average molecular weight is 338 g/mol. The van der Waals surface area contributed by atoms with Crippen LogP contribution in [-0.4, -0.2) is 63.3 Å². The predicted octanol–water partition coefficient (Wildman–Crippen LogP) is 1.48. The number of aromatic nitrogens is 2. The van der Waals surface area contributed by atoms with Crippen molar-refractivity contribution in [1.29, 1.82) is 0 Å². The van der Waals surface area contributed by atoms with Gasteiger partial charge in [0.05, 0.1) is 12.6 Å². The zero-order valence-corrected chi connectivity index (χ0v) is 15.1. The van der Waals surface area contributed by atoms with E-state index in [4.69, 9.17) is 4.74 Å². The van der Waals surface area contributed by atoms with Gasteiger partial charge in [-0.3, -0.25) is 4.68 Å². The highest BCUT2D eigenvalue weighted by atomic mass is 16.6. The van der Waals surface area contributed by atoms with Crippen molar-refractivity contribution in [3.8, 4) is 0 Å². The number of aryl methyl sites for hydroxylation is 1. The first-order chi connectivity index (χ1) is 11.2. The third kappa shape index (κ3) is 5.79. The van der Waals surface area contributed by atoms with Crippen LogP contribution in [0.2, 0.25) is 0 Å². The van der Waals surface area contributed by atoms with Crippen LogP contribution in [0.15, 0.2) is 18.5 Å². The average Bonchev–Trinajstić information content (AvgIpc) is 3.10. The highest BCUT2D eigenvalue weighted by Crippen LogP contribution is 2.19. The zero-order chi connectivity index (χ0) is 17.7. The van der Waals surface area contributed by atoms with Gasteiger partial charge in [0, 0.05) is 44.0 Å². The van der Waals surface area contributed by atoms with Crippen molar-refractivity contribution in [3.05, 3.63) is 18.5 Å². The maximum Gasteiger partial charge on any atom is 0.410 e. The Bertz CT molecular complexity index is 512. The normalized spacial score (nSPS) is 22.6. The second-order valence-electron chi connectivity index (χ2n) is 7.58. The number of nitrogens with zero attached hydrogens (tertiary/aromatic N) is 3. The third-order valence-corrected chi connectivity index (χ3v) is 4.14. The Morgan fingerprint density at radius 3 is 2.83 bits per heavy atom. The van der Waals surface area contributed by atoms with Gasteiger partial charge >= 0.3 is 6.09 Å². The minimum Gasteiger partial charge on any atom is -0.444 e. The number of aliphatic hydroxyl groups is 1. The molecule has 1 aromatic rings. The predicted molar refractivity (Wildman–Crippen MR) is 91.6 cm³/mol. The number of amides is 1. The molecule has 24 heavy (non-hydrogen) atoms. The molecule has 0 aliphatic carbocycles. The molecular formula is C17H30N4O3. The Hall–Kier alpha value is -1.60. The molecule has 0 spiro atoms. The smallest absolute Gasteiger partial charge is 0.410 e. The number of β-amino-alcohol motifs (C(OH)–C–C–N with tert-alkyl or cyclic N) is 1. The molecule has 1 amide bonds. The maximum atomic E-state index is 12.1. The Morgan fingerprint density at radius 2 is 2.21 bits per heavy atom. The molecule has 0 unspecified atom stereocenters. The summed E-state index contributed by atoms with van der Waals surface area (Å²) in [6, 6.07) is 2.23. The van der Waals surface area contributed by atoms with Crippen molar-refractivity contribution in [1.82, 2.24) is 20.0 Å². The first kappa shape index (κ1) is 18.7. The molecule has 0 saturated carbocycles. The van der Waals surface area contributed by atoms with E-state index in [2.05, 4.69) is 17.3 Å². The Balaban J connectivity index is 1.71. The van der Waals surface area contributed by atoms with E-state index in [0.29, 0.717) is 25.7 Å². The Morgan fingerprint density at radius 1 is 1.46 bits per heavy atom. The summed E-state index contributed by atoms with van der Waals surface area (Å²) in [5, 5.41) is 17.8. The number of hydrogen-bond acceptors (Lipinski definition) is 5. The molecule has 2 heterocycles. The van der Waals surface area contributed by atoms with Crippen molar-refractivity contribution in [3.63, 3.8) is 0 Å². The van der Waals surface area contributed by atoms with Crippen LogP contribution in [0.25, 0.3) is 0 Å². The maximum absolute atomic E-state index is 12.1. The quantitative estimate of drug-likeness (QED) is 0.821. The van der Waals surface area contributed by atoms with Crippen LogP contribution in [-0.2, 0) is 11.3 Å². The second-order valence-corrected chi connectivity index (χ2v) is 7.58. The Labute approximate surface area is 144 Å². The number of likely N-dealkylation sites (tertiary alicyclic amines) is 1. The van der Waals surface area contributed by atoms with Crippen molar-refractivity contribution >= 4 is 6.09 Å². The molecule has 3 atom stereocenters. The van der Waals surface area contributed by atoms with Crippen LogP contribution in [0.4, 0.5) is 4.79 Å². The highest BCUT2D eigenvalue weighted by Gasteiger charge is 2.35. The molecule has 1 aromatic heterocycles. The van der Waals surface area contributed by atoms with E-state index in [-0.39, 0.29) is 12.0 Å². The summed E-state index contributed by atoms with van der Waals surface area (Å²) >= 11 is 0. The van der Waals surface area contributed by atoms with Crippen molar-refractivity contribution in [2.45, 2.75) is 58.4 Å². The van der Waals surface area contributed by atoms with Gasteiger partial charge in [-0.1, -0.05) is 0 Å². The fraction of sp³-hybridized carbons (Fsp3) is 0.765. The van der Waals surface area contributed by atoms with Gasteiger partial charge in [-0.05, 0) is 40.2 Å². The first-order valence-corrected chi connectivity index (χ1v) is 8.61. The lowest BCUT2D eigenvalue weighted by atomic mass is 10.1. The lowest BCUT2D eigenvalue weighted by Gasteiger charge is -2.24. The van der Waals surface area contributed by atoms with Crippen molar-refractivity contribution < 1.29 is 14.6 Å². The number of hydrogen-bond donors (Lipinski definition) is 2. The third-order valence-electron chi connectivity index (χ3n) is 4.14. The van der Waals surface area contributed by atoms with E-state index in [9.17, 15) is 9.90 Å². The molecule has 0 aromatic carbocycles. The minimum atomic E-state index is -0.514. The fourth-order valence-electron chi connectivity index (χ4n) is 2.74. The van der Waals surface area contributed by atoms with Crippen molar-refractivity contribution in [2.24, 2.45) is 5.92 Å². The number of rotatable bonds is 6. The minimum absolute atomic E-state index is 0.0321. The lowest BCUT2D eigenvalue weighted by Crippen LogP contribution is -2.37. The van der Waals surface area contributed by atoms with Gasteiger partial charge in [0.25, 0.3) is 0 Å². The van der Waals surface area contributed by atoms with Crippen LogP contribution < -0.4 is 5.32 Å². The lowest BCUT2D eigenvalue weighted by molar-refractivity contribution is 0.0270. The number of ether oxygens (including phenoxy) is 1. The topological polar surface area (TPSA) is 79.6 Å². The van der Waals surface area contributed by atoms with Gasteiger partial charge in [-0.15, -0.1) is 0 Å². The molecule has 2 N–H and O–H groups in total. The van der Waals surface area contributed by atoms with E-state index < -0.39 is 11.7 Å². The van der Waals surface area contributed by atoms with Gasteiger partial charge < -0.3 is 20.1 Å². The summed E-state index contributed by atoms with van der Waals surface area (Å²) in [7, 11) is 0. The molecule has 2 rings (SSSR count). The van der Waals surface area contributed by atoms with Gasteiger partial charge in [0.1, 0.15) is 5.60 Å². The van der Waals surface area contributed by atoms with Crippen molar-refractivity contribution in [2.75, 3.05) is 19.6 Å². The number of aliphatic hydroxyl groups excluding tert-OH is 1. The molecule has 7 nitrogen and oxygen atoms in total. The molecule has 1 saturated heterocycles. The van der Waals surface area contributed by atoms with E-state index in [1.54, 1.807) is 11.1 Å². The SMILES string of the molecule is C[C@H](CCn1cccn1)NC[C@@H]1CN(C(=O)OC(C)(C)C)C[C@H]1O. The van der Waals surface area contributed by atoms with Gasteiger partial charge in [0.2, 0.25) is 0 Å². The highest BCUT2D eigenvalue weighted by molar-refractivity contribution is 5.68. The standard InChI is InChI=1S/C17H30N4O3/c1-13(6-9-21-8-5-7-19-21)18-10-14-11-20(12-15(14)22)16(23)24-17(2,3)4/h5,7-8,13-15,18,22H,6,9-12H2,1-4H3/t13-,14-,15-/m1/s1. The first-order valence-electron chi connectivity index (χ1n) is 8.61. The molecule has 7 heteroatoms. The summed E-state index contributed by atoms with van der Waals surface area (Å²) in [6.07, 6.45) is 3.82. The van der Waals surface area contributed by atoms with Gasteiger partial charge in [0.15, 0.2) is 0 Å². The van der Waals surface area contributed by atoms with E-state index >= 15 is 0 Å². The number of nitrogens with one attached hydrogen (secondary N) is 1. The molecule has 1 aliphatic rings. The van der Waals surface area contributed by atoms with Crippen LogP contribution in [0.3, 0.4) is 0 Å². The summed E-state index contributed by atoms with van der Waals surface area (Å²) < 4.78 is 7.28. The van der Waals surface area contributed by atoms with Gasteiger partial charge in [-0.2, -0.15) is 5.10 Å². The van der Waals surface area contributed by atoms with Gasteiger partial charge in [-0.25, -0.2) is 4.79 Å². The number of carbonyl (C=O) groups excluding carboxylic acids is 1. The van der Waals surface area contributed by atoms with E-state index in [1.807, 2.05) is 37.7 Å². The molecule has 136 valence electrons. The summed E-state index contributed by atoms with van der Waals surface area (Å²) in [6.45, 7) is 10.1. The zero-order valence-electron chi connectivity index (χ0n) is 15.1. The van der Waals surface area contributed by atoms with Crippen LogP contribution >= 0.6 is 0 Å². The fourth-order valence-corrected chi connectivity index (χ4v) is 2.74. The van der Waals surface area contributed by atoms with E-state index in [0.717, 1.165) is 13.0 Å². The molecule has 0 radical (unpaired) electrons. The number of carbonyl (C=O) groups is 1. The van der Waals surface area contributed by atoms with Crippen LogP contribution in [0.5, 0.6) is 0 Å². The molecule has 1 fully saturated rings. The monoisotopic (exact) mass is 338 g/mol. The van der Waals surface area contributed by atoms with Crippen LogP contribution in [0.1, 0.15) is 34.1 Å². The summed E-state index contributed by atoms with van der Waals surface area (Å²) in [5.74, 6) is 0.0321. The summed E-state index contributed by atoms with van der Waals surface area (Å²) in [5.41, 5.74) is -0.514. The van der Waals surface area contributed by atoms with E-state index in [1.165, 1.54) is 0 Å². The second kappa shape index (κ2) is 7.98. The molecular weight excluding hydrogens is 308 g/mol. The largest absolute Gasteiger partial charge is 0.444 e. The summed E-state index contributed by atoms with van der Waals surface area (Å²) in [4.78, 5) is 13.7. The Kier molecular flexibility index (Phi) is 6.23. The molecule has 1 aliphatic heterocycles. The van der Waals surface area contributed by atoms with Crippen LogP contribution in [0, 0.1) is 5.92 Å². The molecule has 0 bridgehead atoms.